The summed E-state index contributed by atoms with van der Waals surface area (Å²) in [6.07, 6.45) is 0. The van der Waals surface area contributed by atoms with Crippen molar-refractivity contribution in [2.75, 3.05) is 18.8 Å². The van der Waals surface area contributed by atoms with Crippen LogP contribution in [0.5, 0.6) is 0 Å². The molecule has 1 aliphatic rings. The summed E-state index contributed by atoms with van der Waals surface area (Å²) in [5.41, 5.74) is 3.14. The van der Waals surface area contributed by atoms with Crippen LogP contribution in [0.1, 0.15) is 24.2 Å². The zero-order valence-corrected chi connectivity index (χ0v) is 11.2. The van der Waals surface area contributed by atoms with Crippen molar-refractivity contribution in [1.29, 1.82) is 0 Å². The van der Waals surface area contributed by atoms with Gasteiger partial charge in [0.05, 0.1) is 5.69 Å². The van der Waals surface area contributed by atoms with Crippen molar-refractivity contribution in [1.82, 2.24) is 10.2 Å². The highest BCUT2D eigenvalue weighted by atomic mass is 19.1. The molecule has 5 nitrogen and oxygen atoms in total. The molecule has 1 aromatic carbocycles. The van der Waals surface area contributed by atoms with Crippen molar-refractivity contribution in [2.45, 2.75) is 19.4 Å². The Hall–Kier alpha value is -2.18. The normalized spacial score (nSPS) is 17.8. The van der Waals surface area contributed by atoms with E-state index in [0.717, 1.165) is 17.0 Å². The molecule has 1 heterocycles. The first-order valence-electron chi connectivity index (χ1n) is 6.10. The highest BCUT2D eigenvalue weighted by Gasteiger charge is 2.42. The predicted octanol–water partition coefficient (Wildman–Crippen LogP) is 0.898. The lowest BCUT2D eigenvalue weighted by Gasteiger charge is -2.41. The van der Waals surface area contributed by atoms with E-state index in [4.69, 9.17) is 5.73 Å². The van der Waals surface area contributed by atoms with E-state index >= 15 is 0 Å². The van der Waals surface area contributed by atoms with Gasteiger partial charge in [0.15, 0.2) is 5.82 Å². The smallest absolute Gasteiger partial charge is 0.260 e. The van der Waals surface area contributed by atoms with E-state index in [1.807, 2.05) is 0 Å². The van der Waals surface area contributed by atoms with E-state index in [9.17, 15) is 18.4 Å². The van der Waals surface area contributed by atoms with Crippen LogP contribution in [-0.4, -0.2) is 35.3 Å². The third kappa shape index (κ3) is 2.09. The molecule has 1 aromatic rings. The first-order chi connectivity index (χ1) is 9.26. The summed E-state index contributed by atoms with van der Waals surface area (Å²) in [4.78, 5) is 25.3. The van der Waals surface area contributed by atoms with Gasteiger partial charge in [-0.1, -0.05) is 0 Å². The van der Waals surface area contributed by atoms with Crippen molar-refractivity contribution in [3.63, 3.8) is 0 Å². The summed E-state index contributed by atoms with van der Waals surface area (Å²) in [5, 5.41) is 2.60. The molecule has 0 unspecified atom stereocenters. The minimum Gasteiger partial charge on any atom is -0.396 e. The molecule has 0 saturated carbocycles. The minimum absolute atomic E-state index is 0.172. The number of nitrogens with two attached hydrogens (primary N) is 1. The molecule has 0 atom stereocenters. The SMILES string of the molecule is CC1(C)C(=O)NCCN1C(=O)c1c(F)ccc(N)c1F. The van der Waals surface area contributed by atoms with Gasteiger partial charge in [0.1, 0.15) is 16.9 Å². The second-order valence-corrected chi connectivity index (χ2v) is 5.10. The molecule has 0 radical (unpaired) electrons. The van der Waals surface area contributed by atoms with Gasteiger partial charge >= 0.3 is 0 Å². The topological polar surface area (TPSA) is 75.4 Å². The zero-order valence-electron chi connectivity index (χ0n) is 11.2. The summed E-state index contributed by atoms with van der Waals surface area (Å²) in [5.74, 6) is -3.35. The van der Waals surface area contributed by atoms with Crippen LogP contribution < -0.4 is 11.1 Å². The Labute approximate surface area is 114 Å². The number of hydrogen-bond donors (Lipinski definition) is 2. The quantitative estimate of drug-likeness (QED) is 0.752. The first kappa shape index (κ1) is 14.2. The molecule has 2 rings (SSSR count). The van der Waals surface area contributed by atoms with Crippen molar-refractivity contribution in [3.8, 4) is 0 Å². The Morgan fingerprint density at radius 2 is 2.05 bits per heavy atom. The molecule has 1 saturated heterocycles. The van der Waals surface area contributed by atoms with Gasteiger partial charge in [-0.25, -0.2) is 8.78 Å². The van der Waals surface area contributed by atoms with Crippen LogP contribution in [0, 0.1) is 11.6 Å². The number of halogens is 2. The fourth-order valence-corrected chi connectivity index (χ4v) is 2.15. The number of hydrogen-bond acceptors (Lipinski definition) is 3. The molecule has 0 aliphatic carbocycles. The highest BCUT2D eigenvalue weighted by Crippen LogP contribution is 2.25. The second kappa shape index (κ2) is 4.73. The Bertz CT molecular complexity index is 587. The van der Waals surface area contributed by atoms with Crippen LogP contribution in [0.4, 0.5) is 14.5 Å². The molecule has 1 aliphatic heterocycles. The largest absolute Gasteiger partial charge is 0.396 e. The van der Waals surface area contributed by atoms with Crippen LogP contribution in [-0.2, 0) is 4.79 Å². The van der Waals surface area contributed by atoms with Gasteiger partial charge in [-0.15, -0.1) is 0 Å². The highest BCUT2D eigenvalue weighted by molar-refractivity contribution is 6.00. The Kier molecular flexibility index (Phi) is 3.37. The molecule has 108 valence electrons. The average Bonchev–Trinajstić information content (AvgIpc) is 2.37. The van der Waals surface area contributed by atoms with Crippen molar-refractivity contribution < 1.29 is 18.4 Å². The number of anilines is 1. The monoisotopic (exact) mass is 283 g/mol. The third-order valence-corrected chi connectivity index (χ3v) is 3.43. The van der Waals surface area contributed by atoms with Gasteiger partial charge in [-0.3, -0.25) is 9.59 Å². The number of nitrogens with zero attached hydrogens (tertiary/aromatic N) is 1. The second-order valence-electron chi connectivity index (χ2n) is 5.10. The van der Waals surface area contributed by atoms with Crippen molar-refractivity contribution in [2.24, 2.45) is 0 Å². The van der Waals surface area contributed by atoms with Gasteiger partial charge in [0.2, 0.25) is 5.91 Å². The molecular formula is C13H15F2N3O2. The fraction of sp³-hybridized carbons (Fsp3) is 0.385. The zero-order chi connectivity index (χ0) is 15.1. The van der Waals surface area contributed by atoms with E-state index in [0.29, 0.717) is 0 Å². The average molecular weight is 283 g/mol. The van der Waals surface area contributed by atoms with E-state index in [2.05, 4.69) is 5.32 Å². The van der Waals surface area contributed by atoms with Crippen molar-refractivity contribution >= 4 is 17.5 Å². The maximum absolute atomic E-state index is 13.9. The van der Waals surface area contributed by atoms with E-state index in [-0.39, 0.29) is 24.7 Å². The summed E-state index contributed by atoms with van der Waals surface area (Å²) in [6.45, 7) is 3.44. The fourth-order valence-electron chi connectivity index (χ4n) is 2.15. The number of nitrogens with one attached hydrogen (secondary N) is 1. The lowest BCUT2D eigenvalue weighted by molar-refractivity contribution is -0.133. The van der Waals surface area contributed by atoms with Crippen LogP contribution in [0.15, 0.2) is 12.1 Å². The number of nitrogen functional groups attached to an aromatic ring is 1. The lowest BCUT2D eigenvalue weighted by atomic mass is 9.97. The molecule has 0 spiro atoms. The van der Waals surface area contributed by atoms with Gasteiger partial charge in [0, 0.05) is 13.1 Å². The molecule has 3 N–H and O–H groups in total. The molecule has 2 amide bonds. The molecule has 0 bridgehead atoms. The predicted molar refractivity (Wildman–Crippen MR) is 68.9 cm³/mol. The number of carbonyl (C=O) groups is 2. The van der Waals surface area contributed by atoms with Crippen LogP contribution in [0.2, 0.25) is 0 Å². The summed E-state index contributed by atoms with van der Waals surface area (Å²) in [7, 11) is 0. The van der Waals surface area contributed by atoms with Crippen LogP contribution in [0.3, 0.4) is 0 Å². The lowest BCUT2D eigenvalue weighted by Crippen LogP contribution is -2.63. The van der Waals surface area contributed by atoms with Gasteiger partial charge in [0.25, 0.3) is 5.91 Å². The summed E-state index contributed by atoms with van der Waals surface area (Å²) < 4.78 is 27.6. The molecule has 1 fully saturated rings. The van der Waals surface area contributed by atoms with E-state index in [1.165, 1.54) is 13.8 Å². The van der Waals surface area contributed by atoms with Gasteiger partial charge in [-0.2, -0.15) is 0 Å². The minimum atomic E-state index is -1.18. The van der Waals surface area contributed by atoms with Crippen LogP contribution >= 0.6 is 0 Å². The maximum Gasteiger partial charge on any atom is 0.260 e. The van der Waals surface area contributed by atoms with E-state index < -0.39 is 28.6 Å². The third-order valence-electron chi connectivity index (χ3n) is 3.43. The maximum atomic E-state index is 13.9. The summed E-state index contributed by atoms with van der Waals surface area (Å²) in [6, 6.07) is 1.98. The number of benzene rings is 1. The molecule has 7 heteroatoms. The van der Waals surface area contributed by atoms with Gasteiger partial charge in [-0.05, 0) is 26.0 Å². The Morgan fingerprint density at radius 3 is 2.70 bits per heavy atom. The number of piperazine rings is 1. The van der Waals surface area contributed by atoms with Crippen molar-refractivity contribution in [3.05, 3.63) is 29.3 Å². The standard InChI is InChI=1S/C13H15F2N3O2/c1-13(2)12(20)17-5-6-18(13)11(19)9-7(14)3-4-8(16)10(9)15/h3-4H,5-6,16H2,1-2H3,(H,17,20). The number of carbonyl (C=O) groups excluding carboxylic acids is 2. The van der Waals surface area contributed by atoms with Gasteiger partial charge < -0.3 is 16.0 Å². The first-order valence-corrected chi connectivity index (χ1v) is 6.10. The summed E-state index contributed by atoms with van der Waals surface area (Å²) >= 11 is 0. The molecular weight excluding hydrogens is 268 g/mol. The Balaban J connectivity index is 2.46. The van der Waals surface area contributed by atoms with Crippen LogP contribution in [0.25, 0.3) is 0 Å². The number of rotatable bonds is 1. The molecule has 0 aromatic heterocycles. The number of amides is 2. The van der Waals surface area contributed by atoms with E-state index in [1.54, 1.807) is 0 Å². The molecule has 20 heavy (non-hydrogen) atoms. The Morgan fingerprint density at radius 1 is 1.40 bits per heavy atom.